The second-order valence-electron chi connectivity index (χ2n) is 5.14. The molecule has 122 valence electrons. The fourth-order valence-corrected chi connectivity index (χ4v) is 2.90. The van der Waals surface area contributed by atoms with Gasteiger partial charge in [-0.25, -0.2) is 4.98 Å². The summed E-state index contributed by atoms with van der Waals surface area (Å²) in [7, 11) is 2.00. The van der Waals surface area contributed by atoms with Crippen molar-refractivity contribution >= 4 is 22.9 Å². The van der Waals surface area contributed by atoms with Gasteiger partial charge >= 0.3 is 0 Å². The molecule has 0 unspecified atom stereocenters. The van der Waals surface area contributed by atoms with Crippen molar-refractivity contribution < 1.29 is 4.79 Å². The van der Waals surface area contributed by atoms with Gasteiger partial charge in [-0.05, 0) is 12.1 Å². The number of rotatable bonds is 6. The zero-order valence-corrected chi connectivity index (χ0v) is 14.0. The molecule has 2 heterocycles. The Morgan fingerprint density at radius 3 is 2.83 bits per heavy atom. The fourth-order valence-electron chi connectivity index (χ4n) is 2.14. The van der Waals surface area contributed by atoms with E-state index in [4.69, 9.17) is 0 Å². The van der Waals surface area contributed by atoms with Gasteiger partial charge in [0, 0.05) is 43.6 Å². The lowest BCUT2D eigenvalue weighted by Gasteiger charge is -2.19. The molecule has 1 amide bonds. The molecule has 0 aliphatic carbocycles. The lowest BCUT2D eigenvalue weighted by atomic mass is 10.3. The van der Waals surface area contributed by atoms with Crippen molar-refractivity contribution in [3.05, 3.63) is 60.0 Å². The molecule has 0 aliphatic rings. The molecule has 24 heavy (non-hydrogen) atoms. The van der Waals surface area contributed by atoms with Gasteiger partial charge in [-0.2, -0.15) is 0 Å². The number of hydrogen-bond donors (Lipinski definition) is 1. The highest BCUT2D eigenvalue weighted by Crippen LogP contribution is 2.20. The van der Waals surface area contributed by atoms with Gasteiger partial charge in [-0.3, -0.25) is 14.8 Å². The summed E-state index contributed by atoms with van der Waals surface area (Å²) < 4.78 is 0. The van der Waals surface area contributed by atoms with E-state index in [9.17, 15) is 4.79 Å². The minimum absolute atomic E-state index is 0.178. The smallest absolute Gasteiger partial charge is 0.270 e. The lowest BCUT2D eigenvalue weighted by molar-refractivity contribution is 0.0950. The van der Waals surface area contributed by atoms with Crippen molar-refractivity contribution in [3.63, 3.8) is 0 Å². The minimum atomic E-state index is -0.178. The van der Waals surface area contributed by atoms with Crippen molar-refractivity contribution in [2.45, 2.75) is 0 Å². The molecular formula is C17H17N5OS. The van der Waals surface area contributed by atoms with Gasteiger partial charge in [0.2, 0.25) is 0 Å². The van der Waals surface area contributed by atoms with Crippen molar-refractivity contribution in [3.8, 4) is 10.7 Å². The Balaban J connectivity index is 1.53. The molecule has 0 saturated heterocycles. The molecule has 0 atom stereocenters. The number of hydrogen-bond acceptors (Lipinski definition) is 6. The van der Waals surface area contributed by atoms with Crippen LogP contribution in [0.1, 0.15) is 10.5 Å². The third-order valence-corrected chi connectivity index (χ3v) is 4.31. The normalized spacial score (nSPS) is 10.4. The van der Waals surface area contributed by atoms with Crippen molar-refractivity contribution in [1.29, 1.82) is 0 Å². The summed E-state index contributed by atoms with van der Waals surface area (Å²) in [6.07, 6.45) is 4.85. The molecular weight excluding hydrogens is 322 g/mol. The summed E-state index contributed by atoms with van der Waals surface area (Å²) in [5.74, 6) is -0.178. The van der Waals surface area contributed by atoms with E-state index in [1.807, 2.05) is 37.4 Å². The number of carbonyl (C=O) groups excluding carboxylic acids is 1. The molecule has 0 bridgehead atoms. The Kier molecular flexibility index (Phi) is 5.12. The Hall–Kier alpha value is -2.80. The second-order valence-corrected chi connectivity index (χ2v) is 6.00. The monoisotopic (exact) mass is 339 g/mol. The number of benzene rings is 1. The maximum absolute atomic E-state index is 12.2. The van der Waals surface area contributed by atoms with Crippen molar-refractivity contribution in [2.75, 3.05) is 25.0 Å². The summed E-state index contributed by atoms with van der Waals surface area (Å²) in [5, 5.41) is 5.32. The molecule has 0 fully saturated rings. The van der Waals surface area contributed by atoms with Crippen LogP contribution in [0.4, 0.5) is 5.69 Å². The highest BCUT2D eigenvalue weighted by Gasteiger charge is 2.12. The van der Waals surface area contributed by atoms with E-state index in [1.54, 1.807) is 24.0 Å². The van der Waals surface area contributed by atoms with E-state index < -0.39 is 0 Å². The first kappa shape index (κ1) is 16.1. The highest BCUT2D eigenvalue weighted by molar-refractivity contribution is 7.13. The summed E-state index contributed by atoms with van der Waals surface area (Å²) in [6, 6.07) is 10.0. The Labute approximate surface area is 144 Å². The van der Waals surface area contributed by atoms with Crippen LogP contribution in [-0.2, 0) is 0 Å². The molecule has 1 N–H and O–H groups in total. The van der Waals surface area contributed by atoms with Crippen LogP contribution in [0, 0.1) is 0 Å². The van der Waals surface area contributed by atoms with E-state index in [2.05, 4.69) is 25.2 Å². The van der Waals surface area contributed by atoms with Crippen LogP contribution >= 0.6 is 11.3 Å². The molecule has 0 radical (unpaired) electrons. The zero-order valence-electron chi connectivity index (χ0n) is 13.2. The molecule has 3 rings (SSSR count). The number of para-hydroxylation sites is 1. The lowest BCUT2D eigenvalue weighted by Crippen LogP contribution is -2.33. The van der Waals surface area contributed by atoms with E-state index in [-0.39, 0.29) is 5.91 Å². The van der Waals surface area contributed by atoms with Crippen LogP contribution in [0.25, 0.3) is 10.7 Å². The quantitative estimate of drug-likeness (QED) is 0.747. The first-order valence-corrected chi connectivity index (χ1v) is 8.38. The maximum atomic E-state index is 12.2. The van der Waals surface area contributed by atoms with Crippen LogP contribution in [0.5, 0.6) is 0 Å². The Morgan fingerprint density at radius 2 is 2.08 bits per heavy atom. The van der Waals surface area contributed by atoms with Gasteiger partial charge in [-0.1, -0.05) is 18.2 Å². The summed E-state index contributed by atoms with van der Waals surface area (Å²) in [6.45, 7) is 1.26. The fraction of sp³-hybridized carbons (Fsp3) is 0.176. The summed E-state index contributed by atoms with van der Waals surface area (Å²) in [4.78, 5) is 26.8. The number of anilines is 1. The maximum Gasteiger partial charge on any atom is 0.270 e. The van der Waals surface area contributed by atoms with E-state index in [0.717, 1.165) is 12.2 Å². The molecule has 3 aromatic rings. The SMILES string of the molecule is CN(CCNC(=O)c1csc(-c2cnccn2)n1)c1ccccc1. The highest BCUT2D eigenvalue weighted by atomic mass is 32.1. The predicted octanol–water partition coefficient (Wildman–Crippen LogP) is 2.47. The van der Waals surface area contributed by atoms with E-state index in [1.165, 1.54) is 11.3 Å². The second kappa shape index (κ2) is 7.65. The van der Waals surface area contributed by atoms with Crippen LogP contribution < -0.4 is 10.2 Å². The van der Waals surface area contributed by atoms with Crippen LogP contribution in [0.2, 0.25) is 0 Å². The van der Waals surface area contributed by atoms with Crippen molar-refractivity contribution in [1.82, 2.24) is 20.3 Å². The average Bonchev–Trinajstić information content (AvgIpc) is 3.13. The minimum Gasteiger partial charge on any atom is -0.373 e. The van der Waals surface area contributed by atoms with Crippen molar-refractivity contribution in [2.24, 2.45) is 0 Å². The largest absolute Gasteiger partial charge is 0.373 e. The van der Waals surface area contributed by atoms with Gasteiger partial charge < -0.3 is 10.2 Å². The zero-order chi connectivity index (χ0) is 16.8. The number of nitrogens with zero attached hydrogens (tertiary/aromatic N) is 4. The van der Waals surface area contributed by atoms with Gasteiger partial charge in [0.1, 0.15) is 16.4 Å². The van der Waals surface area contributed by atoms with Gasteiger partial charge in [0.05, 0.1) is 6.20 Å². The molecule has 0 spiro atoms. The van der Waals surface area contributed by atoms with Gasteiger partial charge in [0.15, 0.2) is 0 Å². The average molecular weight is 339 g/mol. The number of amides is 1. The topological polar surface area (TPSA) is 71.0 Å². The Bertz CT molecular complexity index is 791. The first-order chi connectivity index (χ1) is 11.7. The molecule has 1 aromatic carbocycles. The summed E-state index contributed by atoms with van der Waals surface area (Å²) >= 11 is 1.38. The third kappa shape index (κ3) is 3.94. The number of aromatic nitrogens is 3. The van der Waals surface area contributed by atoms with Gasteiger partial charge in [0.25, 0.3) is 5.91 Å². The third-order valence-electron chi connectivity index (χ3n) is 3.45. The summed E-state index contributed by atoms with van der Waals surface area (Å²) in [5.41, 5.74) is 2.19. The standard InChI is InChI=1S/C17H17N5OS/c1-22(13-5-3-2-4-6-13)10-9-20-16(23)15-12-24-17(21-15)14-11-18-7-8-19-14/h2-8,11-12H,9-10H2,1H3,(H,20,23). The van der Waals surface area contributed by atoms with Crippen LogP contribution in [0.3, 0.4) is 0 Å². The molecule has 6 nitrogen and oxygen atoms in total. The van der Waals surface area contributed by atoms with Gasteiger partial charge in [-0.15, -0.1) is 11.3 Å². The van der Waals surface area contributed by atoms with Crippen LogP contribution in [-0.4, -0.2) is 41.0 Å². The molecule has 0 saturated carbocycles. The number of likely N-dealkylation sites (N-methyl/N-ethyl adjacent to an activating group) is 1. The number of carbonyl (C=O) groups is 1. The number of thiazole rings is 1. The molecule has 2 aromatic heterocycles. The number of nitrogens with one attached hydrogen (secondary N) is 1. The van der Waals surface area contributed by atoms with E-state index in [0.29, 0.717) is 22.9 Å². The molecule has 7 heteroatoms. The van der Waals surface area contributed by atoms with E-state index >= 15 is 0 Å². The van der Waals surface area contributed by atoms with Crippen LogP contribution in [0.15, 0.2) is 54.3 Å². The molecule has 0 aliphatic heterocycles. The first-order valence-electron chi connectivity index (χ1n) is 7.50. The predicted molar refractivity (Wildman–Crippen MR) is 95.2 cm³/mol. The Morgan fingerprint density at radius 1 is 1.25 bits per heavy atom.